The fourth-order valence-electron chi connectivity index (χ4n) is 2.50. The lowest BCUT2D eigenvalue weighted by Gasteiger charge is -2.29. The first-order valence-corrected chi connectivity index (χ1v) is 5.87. The molecule has 0 bridgehead atoms. The highest BCUT2D eigenvalue weighted by Crippen LogP contribution is 2.32. The Morgan fingerprint density at radius 1 is 1.20 bits per heavy atom. The molecule has 0 amide bonds. The summed E-state index contributed by atoms with van der Waals surface area (Å²) in [7, 11) is 0. The highest BCUT2D eigenvalue weighted by Gasteiger charge is 2.24. The Hall–Kier alpha value is -0.820. The van der Waals surface area contributed by atoms with Crippen molar-refractivity contribution in [2.24, 2.45) is 0 Å². The Labute approximate surface area is 92.1 Å². The molecule has 0 atom stereocenters. The van der Waals surface area contributed by atoms with Crippen molar-refractivity contribution in [3.63, 3.8) is 0 Å². The summed E-state index contributed by atoms with van der Waals surface area (Å²) in [6, 6.07) is 6.56. The molecule has 1 nitrogen and oxygen atoms in total. The zero-order valence-electron chi connectivity index (χ0n) is 9.71. The largest absolute Gasteiger partial charge is 0.395 e. The average Bonchev–Trinajstić information content (AvgIpc) is 2.28. The number of aliphatic hydroxyl groups is 1. The van der Waals surface area contributed by atoms with Crippen molar-refractivity contribution >= 4 is 0 Å². The molecule has 0 fully saturated rings. The number of benzene rings is 1. The first-order chi connectivity index (χ1) is 7.15. The number of hydrogen-bond acceptors (Lipinski definition) is 1. The van der Waals surface area contributed by atoms with Crippen LogP contribution in [0.2, 0.25) is 0 Å². The number of hydrogen-bond donors (Lipinski definition) is 1. The van der Waals surface area contributed by atoms with Gasteiger partial charge < -0.3 is 5.11 Å². The first-order valence-electron chi connectivity index (χ1n) is 5.87. The van der Waals surface area contributed by atoms with Crippen LogP contribution in [0.5, 0.6) is 0 Å². The van der Waals surface area contributed by atoms with Gasteiger partial charge in [-0.25, -0.2) is 0 Å². The molecule has 1 aliphatic carbocycles. The topological polar surface area (TPSA) is 20.2 Å². The van der Waals surface area contributed by atoms with Gasteiger partial charge >= 0.3 is 0 Å². The summed E-state index contributed by atoms with van der Waals surface area (Å²) in [6.07, 6.45) is 5.02. The number of fused-ring (bicyclic) bond motifs is 1. The Kier molecular flexibility index (Phi) is 2.83. The summed E-state index contributed by atoms with van der Waals surface area (Å²) in [5.41, 5.74) is 4.26. The summed E-state index contributed by atoms with van der Waals surface area (Å²) in [5.74, 6) is 0. The predicted octanol–water partition coefficient (Wildman–Crippen LogP) is 2.84. The molecule has 0 aromatic heterocycles. The molecule has 0 saturated heterocycles. The van der Waals surface area contributed by atoms with Gasteiger partial charge in [-0.05, 0) is 42.4 Å². The third-order valence-corrected chi connectivity index (χ3v) is 3.52. The van der Waals surface area contributed by atoms with Crippen molar-refractivity contribution < 1.29 is 5.11 Å². The Morgan fingerprint density at radius 2 is 1.93 bits per heavy atom. The van der Waals surface area contributed by atoms with E-state index >= 15 is 0 Å². The summed E-state index contributed by atoms with van der Waals surface area (Å²) in [5, 5.41) is 9.45. The van der Waals surface area contributed by atoms with Crippen molar-refractivity contribution in [1.82, 2.24) is 0 Å². The predicted molar refractivity (Wildman–Crippen MR) is 63.2 cm³/mol. The van der Waals surface area contributed by atoms with Crippen molar-refractivity contribution in [2.45, 2.75) is 44.9 Å². The monoisotopic (exact) mass is 204 g/mol. The lowest BCUT2D eigenvalue weighted by Crippen LogP contribution is -2.25. The molecule has 1 aromatic carbocycles. The van der Waals surface area contributed by atoms with E-state index in [4.69, 9.17) is 0 Å². The van der Waals surface area contributed by atoms with Crippen LogP contribution in [0.15, 0.2) is 18.2 Å². The highest BCUT2D eigenvalue weighted by atomic mass is 16.3. The van der Waals surface area contributed by atoms with Gasteiger partial charge in [-0.15, -0.1) is 0 Å². The molecule has 0 radical (unpaired) electrons. The van der Waals surface area contributed by atoms with Gasteiger partial charge in [0.15, 0.2) is 0 Å². The zero-order chi connectivity index (χ0) is 10.9. The van der Waals surface area contributed by atoms with Gasteiger partial charge in [0.1, 0.15) is 0 Å². The van der Waals surface area contributed by atoms with Gasteiger partial charge in [-0.3, -0.25) is 0 Å². The molecule has 0 unspecified atom stereocenters. The third kappa shape index (κ3) is 1.93. The van der Waals surface area contributed by atoms with Crippen molar-refractivity contribution in [3.05, 3.63) is 34.9 Å². The number of aliphatic hydroxyl groups excluding tert-OH is 1. The van der Waals surface area contributed by atoms with Gasteiger partial charge in [-0.1, -0.05) is 32.0 Å². The number of aryl methyl sites for hydroxylation is 1. The van der Waals surface area contributed by atoms with E-state index in [0.29, 0.717) is 0 Å². The molecule has 0 aliphatic heterocycles. The van der Waals surface area contributed by atoms with Crippen molar-refractivity contribution in [2.75, 3.05) is 6.61 Å². The van der Waals surface area contributed by atoms with E-state index in [1.54, 1.807) is 0 Å². The Bertz CT molecular complexity index is 352. The summed E-state index contributed by atoms with van der Waals surface area (Å²) < 4.78 is 0. The molecule has 1 aliphatic rings. The maximum atomic E-state index is 9.45. The van der Waals surface area contributed by atoms with E-state index in [1.807, 2.05) is 0 Å². The SMILES string of the molecule is CC(C)(CO)c1cccc2c1CCCC2. The van der Waals surface area contributed by atoms with E-state index in [2.05, 4.69) is 32.0 Å². The molecular weight excluding hydrogens is 184 g/mol. The fraction of sp³-hybridized carbons (Fsp3) is 0.571. The van der Waals surface area contributed by atoms with E-state index < -0.39 is 0 Å². The third-order valence-electron chi connectivity index (χ3n) is 3.52. The average molecular weight is 204 g/mol. The molecule has 2 rings (SSSR count). The Morgan fingerprint density at radius 3 is 2.67 bits per heavy atom. The van der Waals surface area contributed by atoms with E-state index in [0.717, 1.165) is 0 Å². The van der Waals surface area contributed by atoms with Crippen LogP contribution >= 0.6 is 0 Å². The van der Waals surface area contributed by atoms with Crippen LogP contribution in [0.3, 0.4) is 0 Å². The summed E-state index contributed by atoms with van der Waals surface area (Å²) in [4.78, 5) is 0. The molecule has 1 N–H and O–H groups in total. The van der Waals surface area contributed by atoms with Crippen LogP contribution in [0, 0.1) is 0 Å². The molecule has 1 aromatic rings. The van der Waals surface area contributed by atoms with Gasteiger partial charge in [0.2, 0.25) is 0 Å². The molecule has 15 heavy (non-hydrogen) atoms. The minimum Gasteiger partial charge on any atom is -0.395 e. The highest BCUT2D eigenvalue weighted by molar-refractivity contribution is 5.41. The maximum Gasteiger partial charge on any atom is 0.0522 e. The van der Waals surface area contributed by atoms with Gasteiger partial charge in [0.05, 0.1) is 6.61 Å². The maximum absolute atomic E-state index is 9.45. The molecule has 0 saturated carbocycles. The Balaban J connectivity index is 2.48. The lowest BCUT2D eigenvalue weighted by atomic mass is 9.77. The van der Waals surface area contributed by atoms with Crippen LogP contribution in [0.25, 0.3) is 0 Å². The van der Waals surface area contributed by atoms with E-state index in [9.17, 15) is 5.11 Å². The minimum absolute atomic E-state index is 0.0946. The van der Waals surface area contributed by atoms with Crippen LogP contribution in [-0.2, 0) is 18.3 Å². The second kappa shape index (κ2) is 3.97. The number of rotatable bonds is 2. The molecular formula is C14H20O. The van der Waals surface area contributed by atoms with E-state index in [1.165, 1.54) is 42.4 Å². The van der Waals surface area contributed by atoms with Crippen LogP contribution in [0.1, 0.15) is 43.4 Å². The van der Waals surface area contributed by atoms with Crippen molar-refractivity contribution in [3.8, 4) is 0 Å². The van der Waals surface area contributed by atoms with Crippen LogP contribution in [0.4, 0.5) is 0 Å². The normalized spacial score (nSPS) is 16.2. The molecule has 0 spiro atoms. The minimum atomic E-state index is -0.0946. The molecule has 82 valence electrons. The fourth-order valence-corrected chi connectivity index (χ4v) is 2.50. The smallest absolute Gasteiger partial charge is 0.0522 e. The summed E-state index contributed by atoms with van der Waals surface area (Å²) >= 11 is 0. The second-order valence-corrected chi connectivity index (χ2v) is 5.19. The lowest BCUT2D eigenvalue weighted by molar-refractivity contribution is 0.217. The summed E-state index contributed by atoms with van der Waals surface area (Å²) in [6.45, 7) is 4.47. The van der Waals surface area contributed by atoms with Crippen LogP contribution < -0.4 is 0 Å². The van der Waals surface area contributed by atoms with Gasteiger partial charge in [-0.2, -0.15) is 0 Å². The van der Waals surface area contributed by atoms with E-state index in [-0.39, 0.29) is 12.0 Å². The standard InChI is InChI=1S/C14H20O/c1-14(2,10-15)13-9-5-7-11-6-3-4-8-12(11)13/h5,7,9,15H,3-4,6,8,10H2,1-2H3. The first kappa shape index (κ1) is 10.7. The van der Waals surface area contributed by atoms with Crippen molar-refractivity contribution in [1.29, 1.82) is 0 Å². The van der Waals surface area contributed by atoms with Crippen LogP contribution in [-0.4, -0.2) is 11.7 Å². The zero-order valence-corrected chi connectivity index (χ0v) is 9.71. The second-order valence-electron chi connectivity index (χ2n) is 5.19. The van der Waals surface area contributed by atoms with Gasteiger partial charge in [0.25, 0.3) is 0 Å². The quantitative estimate of drug-likeness (QED) is 0.785. The van der Waals surface area contributed by atoms with Gasteiger partial charge in [0, 0.05) is 5.41 Å². The molecule has 0 heterocycles. The molecule has 1 heteroatoms.